The van der Waals surface area contributed by atoms with E-state index in [0.29, 0.717) is 0 Å². The van der Waals surface area contributed by atoms with Crippen molar-refractivity contribution in [1.29, 1.82) is 0 Å². The summed E-state index contributed by atoms with van der Waals surface area (Å²) in [5.41, 5.74) is 0. The summed E-state index contributed by atoms with van der Waals surface area (Å²) in [6, 6.07) is -0.356. The van der Waals surface area contributed by atoms with Gasteiger partial charge in [-0.3, -0.25) is 4.90 Å². The van der Waals surface area contributed by atoms with Crippen molar-refractivity contribution in [3.05, 3.63) is 0 Å². The Morgan fingerprint density at radius 1 is 1.70 bits per heavy atom. The van der Waals surface area contributed by atoms with Gasteiger partial charge in [0, 0.05) is 0 Å². The van der Waals surface area contributed by atoms with Crippen LogP contribution in [0.3, 0.4) is 0 Å². The highest BCUT2D eigenvalue weighted by Gasteiger charge is 2.16. The lowest BCUT2D eigenvalue weighted by molar-refractivity contribution is -0.115. The van der Waals surface area contributed by atoms with Crippen LogP contribution in [0.25, 0.3) is 0 Å². The van der Waals surface area contributed by atoms with Gasteiger partial charge in [-0.15, -0.1) is 0 Å². The molecule has 3 heteroatoms. The van der Waals surface area contributed by atoms with Crippen molar-refractivity contribution in [3.8, 4) is 0 Å². The molecule has 0 unspecified atom stereocenters. The second kappa shape index (κ2) is 4.41. The van der Waals surface area contributed by atoms with Crippen LogP contribution < -0.4 is 0 Å². The molecule has 10 heavy (non-hydrogen) atoms. The topological polar surface area (TPSA) is 40.5 Å². The predicted molar refractivity (Wildman–Crippen MR) is 39.8 cm³/mol. The van der Waals surface area contributed by atoms with E-state index in [1.165, 1.54) is 0 Å². The molecule has 1 N–H and O–H groups in total. The van der Waals surface area contributed by atoms with Crippen molar-refractivity contribution in [1.82, 2.24) is 4.90 Å². The Kier molecular flexibility index (Phi) is 4.23. The normalized spacial score (nSPS) is 16.9. The van der Waals surface area contributed by atoms with E-state index in [0.717, 1.165) is 12.8 Å². The summed E-state index contributed by atoms with van der Waals surface area (Å²) < 4.78 is 0. The van der Waals surface area contributed by atoms with Gasteiger partial charge in [0.25, 0.3) is 0 Å². The van der Waals surface area contributed by atoms with Crippen molar-refractivity contribution in [3.63, 3.8) is 0 Å². The zero-order valence-electron chi connectivity index (χ0n) is 6.74. The number of rotatable bonds is 4. The molecule has 0 aromatic heterocycles. The van der Waals surface area contributed by atoms with E-state index in [1.807, 2.05) is 14.0 Å². The summed E-state index contributed by atoms with van der Waals surface area (Å²) in [7, 11) is 1.81. The number of aliphatic hydroxyl groups is 1. The summed E-state index contributed by atoms with van der Waals surface area (Å²) in [5.74, 6) is 0. The maximum atomic E-state index is 10.3. The minimum absolute atomic E-state index is 0.356. The first-order valence-electron chi connectivity index (χ1n) is 3.47. The molecule has 0 fully saturated rings. The molecule has 0 saturated heterocycles. The molecule has 60 valence electrons. The Morgan fingerprint density at radius 2 is 2.20 bits per heavy atom. The van der Waals surface area contributed by atoms with Crippen molar-refractivity contribution in [2.24, 2.45) is 0 Å². The summed E-state index contributed by atoms with van der Waals surface area (Å²) in [4.78, 5) is 12.1. The largest absolute Gasteiger partial charge is 0.391 e. The third-order valence-electron chi connectivity index (χ3n) is 1.64. The Morgan fingerprint density at radius 3 is 2.30 bits per heavy atom. The second-order valence-corrected chi connectivity index (χ2v) is 2.44. The highest BCUT2D eigenvalue weighted by molar-refractivity contribution is 5.58. The first kappa shape index (κ1) is 9.59. The summed E-state index contributed by atoms with van der Waals surface area (Å²) in [6.07, 6.45) is 0.191. The lowest BCUT2D eigenvalue weighted by atomic mass is 10.2. The van der Waals surface area contributed by atoms with Crippen LogP contribution in [0.1, 0.15) is 13.8 Å². The fourth-order valence-electron chi connectivity index (χ4n) is 0.797. The van der Waals surface area contributed by atoms with E-state index in [2.05, 4.69) is 0 Å². The van der Waals surface area contributed by atoms with Crippen molar-refractivity contribution in [2.75, 3.05) is 13.6 Å². The number of aldehydes is 1. The molecular formula is C7H15NO2. The summed E-state index contributed by atoms with van der Waals surface area (Å²) in [6.45, 7) is 4.33. The van der Waals surface area contributed by atoms with Gasteiger partial charge in [0.15, 0.2) is 0 Å². The van der Waals surface area contributed by atoms with Gasteiger partial charge >= 0.3 is 0 Å². The van der Waals surface area contributed by atoms with Gasteiger partial charge in [-0.25, -0.2) is 0 Å². The van der Waals surface area contributed by atoms with Crippen LogP contribution in [0.4, 0.5) is 0 Å². The fraction of sp³-hybridized carbons (Fsp3) is 0.857. The number of carbonyl (C=O) groups excluding carboxylic acids is 1. The number of hydrogen-bond acceptors (Lipinski definition) is 3. The summed E-state index contributed by atoms with van der Waals surface area (Å²) in [5, 5.41) is 9.04. The third kappa shape index (κ3) is 2.45. The van der Waals surface area contributed by atoms with Gasteiger partial charge < -0.3 is 9.90 Å². The van der Waals surface area contributed by atoms with Gasteiger partial charge in [0.05, 0.1) is 12.1 Å². The lowest BCUT2D eigenvalue weighted by Crippen LogP contribution is -2.40. The van der Waals surface area contributed by atoms with E-state index >= 15 is 0 Å². The standard InChI is InChI=1S/C7H15NO2/c1-4-8(3)7(5-9)6(2)10/h5-7,10H,4H2,1-3H3/t6-,7-/m1/s1. The molecule has 0 radical (unpaired) electrons. The van der Waals surface area contributed by atoms with Crippen LogP contribution >= 0.6 is 0 Å². The minimum atomic E-state index is -0.581. The van der Waals surface area contributed by atoms with E-state index in [4.69, 9.17) is 5.11 Å². The van der Waals surface area contributed by atoms with E-state index in [-0.39, 0.29) is 6.04 Å². The molecule has 0 aliphatic rings. The molecule has 0 spiro atoms. The molecule has 2 atom stereocenters. The number of nitrogens with zero attached hydrogens (tertiary/aromatic N) is 1. The average molecular weight is 145 g/mol. The van der Waals surface area contributed by atoms with Crippen LogP contribution in [0.5, 0.6) is 0 Å². The molecule has 0 rings (SSSR count). The van der Waals surface area contributed by atoms with Gasteiger partial charge in [-0.1, -0.05) is 6.92 Å². The molecule has 0 aromatic carbocycles. The molecule has 0 aromatic rings. The number of likely N-dealkylation sites (N-methyl/N-ethyl adjacent to an activating group) is 1. The van der Waals surface area contributed by atoms with Crippen molar-refractivity contribution < 1.29 is 9.90 Å². The Hall–Kier alpha value is -0.410. The maximum absolute atomic E-state index is 10.3. The third-order valence-corrected chi connectivity index (χ3v) is 1.64. The molecular weight excluding hydrogens is 130 g/mol. The molecule has 0 aliphatic carbocycles. The second-order valence-electron chi connectivity index (χ2n) is 2.44. The van der Waals surface area contributed by atoms with Crippen LogP contribution in [0.15, 0.2) is 0 Å². The van der Waals surface area contributed by atoms with Crippen LogP contribution in [-0.2, 0) is 4.79 Å². The first-order chi connectivity index (χ1) is 4.63. The molecule has 3 nitrogen and oxygen atoms in total. The number of carbonyl (C=O) groups is 1. The predicted octanol–water partition coefficient (Wildman–Crippen LogP) is -0.114. The summed E-state index contributed by atoms with van der Waals surface area (Å²) >= 11 is 0. The van der Waals surface area contributed by atoms with Gasteiger partial charge in [-0.2, -0.15) is 0 Å². The Bertz CT molecular complexity index is 104. The van der Waals surface area contributed by atoms with Crippen molar-refractivity contribution >= 4 is 6.29 Å². The molecule has 0 saturated carbocycles. The van der Waals surface area contributed by atoms with Gasteiger partial charge in [0.1, 0.15) is 6.29 Å². The molecule has 0 amide bonds. The smallest absolute Gasteiger partial charge is 0.139 e. The van der Waals surface area contributed by atoms with E-state index in [1.54, 1.807) is 11.8 Å². The fourth-order valence-corrected chi connectivity index (χ4v) is 0.797. The monoisotopic (exact) mass is 145 g/mol. The molecule has 0 heterocycles. The van der Waals surface area contributed by atoms with Gasteiger partial charge in [0.2, 0.25) is 0 Å². The highest BCUT2D eigenvalue weighted by Crippen LogP contribution is 1.97. The Balaban J connectivity index is 3.92. The molecule has 0 aliphatic heterocycles. The number of hydrogen-bond donors (Lipinski definition) is 1. The SMILES string of the molecule is CCN(C)[C@H](C=O)[C@@H](C)O. The zero-order valence-corrected chi connectivity index (χ0v) is 6.74. The van der Waals surface area contributed by atoms with Crippen LogP contribution in [-0.4, -0.2) is 42.0 Å². The van der Waals surface area contributed by atoms with Crippen molar-refractivity contribution in [2.45, 2.75) is 26.0 Å². The minimum Gasteiger partial charge on any atom is -0.391 e. The highest BCUT2D eigenvalue weighted by atomic mass is 16.3. The first-order valence-corrected chi connectivity index (χ1v) is 3.47. The van der Waals surface area contributed by atoms with E-state index in [9.17, 15) is 4.79 Å². The average Bonchev–Trinajstić information content (AvgIpc) is 1.88. The number of aliphatic hydroxyl groups excluding tert-OH is 1. The van der Waals surface area contributed by atoms with Crippen LogP contribution in [0.2, 0.25) is 0 Å². The van der Waals surface area contributed by atoms with Crippen LogP contribution in [0, 0.1) is 0 Å². The Labute approximate surface area is 61.6 Å². The lowest BCUT2D eigenvalue weighted by Gasteiger charge is -2.23. The van der Waals surface area contributed by atoms with E-state index < -0.39 is 6.10 Å². The maximum Gasteiger partial charge on any atom is 0.139 e. The van der Waals surface area contributed by atoms with Gasteiger partial charge in [-0.05, 0) is 20.5 Å². The zero-order chi connectivity index (χ0) is 8.15. The molecule has 0 bridgehead atoms. The quantitative estimate of drug-likeness (QED) is 0.561.